The van der Waals surface area contributed by atoms with E-state index in [4.69, 9.17) is 0 Å². The quantitative estimate of drug-likeness (QED) is 0.840. The van der Waals surface area contributed by atoms with Gasteiger partial charge in [0.05, 0.1) is 0 Å². The van der Waals surface area contributed by atoms with E-state index in [1.54, 1.807) is 0 Å². The van der Waals surface area contributed by atoms with Crippen molar-refractivity contribution < 1.29 is 0 Å². The van der Waals surface area contributed by atoms with E-state index in [2.05, 4.69) is 41.8 Å². The second-order valence-corrected chi connectivity index (χ2v) is 5.50. The fraction of sp³-hybridized carbons (Fsp3) is 0.786. The summed E-state index contributed by atoms with van der Waals surface area (Å²) in [7, 11) is 0. The lowest BCUT2D eigenvalue weighted by Gasteiger charge is -2.23. The smallest absolute Gasteiger partial charge is 0.203 e. The minimum atomic E-state index is 0.526. The van der Waals surface area contributed by atoms with Crippen molar-refractivity contribution >= 4 is 5.95 Å². The minimum Gasteiger partial charge on any atom is -0.353 e. The zero-order valence-corrected chi connectivity index (χ0v) is 11.3. The first kappa shape index (κ1) is 12.5. The average molecular weight is 235 g/mol. The van der Waals surface area contributed by atoms with Crippen molar-refractivity contribution in [3.05, 3.63) is 12.4 Å². The van der Waals surface area contributed by atoms with E-state index in [9.17, 15) is 0 Å². The molecule has 1 unspecified atom stereocenters. The summed E-state index contributed by atoms with van der Waals surface area (Å²) >= 11 is 0. The molecule has 1 saturated carbocycles. The van der Waals surface area contributed by atoms with Crippen LogP contribution < -0.4 is 5.32 Å². The van der Waals surface area contributed by atoms with Gasteiger partial charge in [-0.25, -0.2) is 4.98 Å². The molecule has 1 aliphatic rings. The summed E-state index contributed by atoms with van der Waals surface area (Å²) in [5, 5.41) is 3.61. The molecule has 0 radical (unpaired) electrons. The first-order valence-corrected chi connectivity index (χ1v) is 7.01. The fourth-order valence-electron chi connectivity index (χ4n) is 2.81. The van der Waals surface area contributed by atoms with Gasteiger partial charge in [-0.1, -0.05) is 33.6 Å². The summed E-state index contributed by atoms with van der Waals surface area (Å²) in [6.07, 6.45) is 10.6. The molecule has 2 rings (SSSR count). The van der Waals surface area contributed by atoms with Crippen LogP contribution in [0, 0.1) is 5.92 Å². The Morgan fingerprint density at radius 1 is 1.41 bits per heavy atom. The van der Waals surface area contributed by atoms with Gasteiger partial charge in [-0.3, -0.25) is 0 Å². The molecule has 17 heavy (non-hydrogen) atoms. The number of nitrogens with zero attached hydrogens (tertiary/aromatic N) is 2. The number of hydrogen-bond acceptors (Lipinski definition) is 2. The molecule has 0 spiro atoms. The number of nitrogens with one attached hydrogen (secondary N) is 1. The number of hydrogen-bond donors (Lipinski definition) is 1. The van der Waals surface area contributed by atoms with Crippen LogP contribution in [0.25, 0.3) is 0 Å². The van der Waals surface area contributed by atoms with Crippen molar-refractivity contribution in [1.82, 2.24) is 9.55 Å². The van der Waals surface area contributed by atoms with E-state index >= 15 is 0 Å². The van der Waals surface area contributed by atoms with Crippen molar-refractivity contribution in [3.8, 4) is 0 Å². The highest BCUT2D eigenvalue weighted by molar-refractivity contribution is 5.28. The third kappa shape index (κ3) is 2.82. The first-order valence-electron chi connectivity index (χ1n) is 7.01. The van der Waals surface area contributed by atoms with E-state index in [0.29, 0.717) is 18.0 Å². The summed E-state index contributed by atoms with van der Waals surface area (Å²) in [5.74, 6) is 1.71. The zero-order chi connectivity index (χ0) is 12.3. The molecule has 0 amide bonds. The lowest BCUT2D eigenvalue weighted by molar-refractivity contribution is 0.486. The van der Waals surface area contributed by atoms with Gasteiger partial charge in [0.1, 0.15) is 0 Å². The van der Waals surface area contributed by atoms with Crippen molar-refractivity contribution in [2.75, 3.05) is 5.32 Å². The van der Waals surface area contributed by atoms with Crippen LogP contribution in [0.2, 0.25) is 0 Å². The number of rotatable bonds is 5. The Morgan fingerprint density at radius 2 is 2.12 bits per heavy atom. The first-order chi connectivity index (χ1) is 8.22. The molecule has 1 fully saturated rings. The molecular formula is C14H25N3. The van der Waals surface area contributed by atoms with Gasteiger partial charge >= 0.3 is 0 Å². The van der Waals surface area contributed by atoms with Gasteiger partial charge in [-0.05, 0) is 25.2 Å². The highest BCUT2D eigenvalue weighted by Crippen LogP contribution is 2.31. The maximum absolute atomic E-state index is 4.48. The molecule has 3 nitrogen and oxygen atoms in total. The number of anilines is 1. The van der Waals surface area contributed by atoms with Crippen LogP contribution in [-0.2, 0) is 0 Å². The molecule has 1 atom stereocenters. The van der Waals surface area contributed by atoms with Gasteiger partial charge in [0, 0.05) is 24.5 Å². The maximum atomic E-state index is 4.48. The summed E-state index contributed by atoms with van der Waals surface area (Å²) in [4.78, 5) is 4.48. The molecule has 1 aromatic heterocycles. The lowest BCUT2D eigenvalue weighted by Crippen LogP contribution is -2.27. The van der Waals surface area contributed by atoms with Crippen molar-refractivity contribution in [2.45, 2.75) is 65.0 Å². The van der Waals surface area contributed by atoms with E-state index in [0.717, 1.165) is 12.4 Å². The van der Waals surface area contributed by atoms with Gasteiger partial charge in [-0.2, -0.15) is 0 Å². The van der Waals surface area contributed by atoms with Crippen LogP contribution in [0.15, 0.2) is 12.4 Å². The summed E-state index contributed by atoms with van der Waals surface area (Å²) < 4.78 is 2.35. The second kappa shape index (κ2) is 5.56. The second-order valence-electron chi connectivity index (χ2n) is 5.50. The van der Waals surface area contributed by atoms with Crippen molar-refractivity contribution in [3.63, 3.8) is 0 Å². The largest absolute Gasteiger partial charge is 0.353 e. The fourth-order valence-corrected chi connectivity index (χ4v) is 2.81. The Hall–Kier alpha value is -0.990. The van der Waals surface area contributed by atoms with Gasteiger partial charge in [-0.15, -0.1) is 0 Å². The molecule has 0 aromatic carbocycles. The van der Waals surface area contributed by atoms with Gasteiger partial charge in [0.2, 0.25) is 5.95 Å². The minimum absolute atomic E-state index is 0.526. The van der Waals surface area contributed by atoms with Crippen molar-refractivity contribution in [1.29, 1.82) is 0 Å². The summed E-state index contributed by atoms with van der Waals surface area (Å²) in [5.41, 5.74) is 0. The van der Waals surface area contributed by atoms with Gasteiger partial charge in [0.15, 0.2) is 0 Å². The topological polar surface area (TPSA) is 29.9 Å². The molecule has 0 bridgehead atoms. The molecule has 1 aliphatic carbocycles. The Bertz CT molecular complexity index is 337. The van der Waals surface area contributed by atoms with Gasteiger partial charge < -0.3 is 9.88 Å². The third-order valence-corrected chi connectivity index (χ3v) is 3.95. The Balaban J connectivity index is 2.07. The molecule has 96 valence electrons. The van der Waals surface area contributed by atoms with Crippen LogP contribution in [0.1, 0.15) is 58.9 Å². The monoisotopic (exact) mass is 235 g/mol. The third-order valence-electron chi connectivity index (χ3n) is 3.95. The van der Waals surface area contributed by atoms with E-state index < -0.39 is 0 Å². The summed E-state index contributed by atoms with van der Waals surface area (Å²) in [6, 6.07) is 1.20. The molecule has 3 heteroatoms. The Morgan fingerprint density at radius 3 is 2.71 bits per heavy atom. The van der Waals surface area contributed by atoms with Gasteiger partial charge in [0.25, 0.3) is 0 Å². The predicted octanol–water partition coefficient (Wildman–Crippen LogP) is 3.84. The van der Waals surface area contributed by atoms with Crippen LogP contribution in [-0.4, -0.2) is 15.6 Å². The normalized spacial score (nSPS) is 18.8. The lowest BCUT2D eigenvalue weighted by atomic mass is 10.0. The Labute approximate surface area is 105 Å². The predicted molar refractivity (Wildman–Crippen MR) is 72.3 cm³/mol. The average Bonchev–Trinajstić information content (AvgIpc) is 2.95. The highest BCUT2D eigenvalue weighted by atomic mass is 15.2. The highest BCUT2D eigenvalue weighted by Gasteiger charge is 2.20. The van der Waals surface area contributed by atoms with E-state index in [1.807, 2.05) is 6.20 Å². The summed E-state index contributed by atoms with van der Waals surface area (Å²) in [6.45, 7) is 6.77. The standard InChI is InChI=1S/C14H25N3/c1-4-13(11(2)3)16-14-15-9-10-17(14)12-7-5-6-8-12/h9-13H,4-8H2,1-3H3,(H,15,16). The molecule has 1 heterocycles. The van der Waals surface area contributed by atoms with E-state index in [-0.39, 0.29) is 0 Å². The maximum Gasteiger partial charge on any atom is 0.203 e. The van der Waals surface area contributed by atoms with Crippen LogP contribution in [0.3, 0.4) is 0 Å². The van der Waals surface area contributed by atoms with Crippen LogP contribution in [0.4, 0.5) is 5.95 Å². The molecule has 1 aromatic rings. The van der Waals surface area contributed by atoms with Crippen LogP contribution >= 0.6 is 0 Å². The van der Waals surface area contributed by atoms with Crippen LogP contribution in [0.5, 0.6) is 0 Å². The number of imidazole rings is 1. The van der Waals surface area contributed by atoms with Crippen molar-refractivity contribution in [2.24, 2.45) is 5.92 Å². The SMILES string of the molecule is CCC(Nc1nccn1C1CCCC1)C(C)C. The Kier molecular flexibility index (Phi) is 4.08. The zero-order valence-electron chi connectivity index (χ0n) is 11.3. The van der Waals surface area contributed by atoms with E-state index in [1.165, 1.54) is 25.7 Å². The number of aromatic nitrogens is 2. The molecule has 0 saturated heterocycles. The molecule has 1 N–H and O–H groups in total. The molecular weight excluding hydrogens is 210 g/mol. The molecule has 0 aliphatic heterocycles.